The van der Waals surface area contributed by atoms with E-state index in [1.54, 1.807) is 13.3 Å². The van der Waals surface area contributed by atoms with Crippen molar-refractivity contribution < 1.29 is 4.74 Å². The van der Waals surface area contributed by atoms with E-state index in [-0.39, 0.29) is 5.96 Å². The van der Waals surface area contributed by atoms with Crippen molar-refractivity contribution >= 4 is 5.96 Å². The van der Waals surface area contributed by atoms with Gasteiger partial charge in [-0.3, -0.25) is 10.3 Å². The number of hydrogen-bond acceptors (Lipinski definition) is 3. The van der Waals surface area contributed by atoms with E-state index in [4.69, 9.17) is 15.7 Å². The molecule has 0 radical (unpaired) electrons. The fourth-order valence-electron chi connectivity index (χ4n) is 1.19. The molecule has 0 saturated carbocycles. The maximum atomic E-state index is 8.27. The molecule has 1 aromatic rings. The lowest BCUT2D eigenvalue weighted by Gasteiger charge is -2.02. The Morgan fingerprint density at radius 1 is 1.50 bits per heavy atom. The Kier molecular flexibility index (Phi) is 4.67. The second-order valence-corrected chi connectivity index (χ2v) is 3.10. The maximum Gasteiger partial charge on any atom is 0.202 e. The summed E-state index contributed by atoms with van der Waals surface area (Å²) < 4.78 is 5.05. The first-order valence-electron chi connectivity index (χ1n) is 4.84. The van der Waals surface area contributed by atoms with E-state index in [9.17, 15) is 0 Å². The maximum absolute atomic E-state index is 8.27. The monoisotopic (exact) mass is 218 g/mol. The molecule has 0 aromatic heterocycles. The summed E-state index contributed by atoms with van der Waals surface area (Å²) in [5.41, 5.74) is 6.54. The van der Waals surface area contributed by atoms with Crippen LogP contribution in [0.2, 0.25) is 0 Å². The minimum absolute atomic E-state index is 0.149. The zero-order valence-electron chi connectivity index (χ0n) is 9.10. The summed E-state index contributed by atoms with van der Waals surface area (Å²) in [6, 6.07) is 7.75. The molecule has 0 aliphatic rings. The SMILES string of the molecule is COc1ccc(CCN=C(N)NC#N)cc1. The van der Waals surface area contributed by atoms with Gasteiger partial charge in [0.05, 0.1) is 7.11 Å². The summed E-state index contributed by atoms with van der Waals surface area (Å²) >= 11 is 0. The molecular weight excluding hydrogens is 204 g/mol. The zero-order chi connectivity index (χ0) is 11.8. The summed E-state index contributed by atoms with van der Waals surface area (Å²) in [6.45, 7) is 0.548. The fourth-order valence-corrected chi connectivity index (χ4v) is 1.19. The Balaban J connectivity index is 2.43. The molecular formula is C11H14N4O. The van der Waals surface area contributed by atoms with Crippen LogP contribution in [0.4, 0.5) is 0 Å². The van der Waals surface area contributed by atoms with Crippen LogP contribution in [0.25, 0.3) is 0 Å². The fraction of sp³-hybridized carbons (Fsp3) is 0.273. The number of nitrogens with one attached hydrogen (secondary N) is 1. The second kappa shape index (κ2) is 6.30. The lowest BCUT2D eigenvalue weighted by atomic mass is 10.1. The molecule has 3 N–H and O–H groups in total. The smallest absolute Gasteiger partial charge is 0.202 e. The van der Waals surface area contributed by atoms with Gasteiger partial charge in [0.2, 0.25) is 5.96 Å². The van der Waals surface area contributed by atoms with Crippen LogP contribution in [0.5, 0.6) is 5.75 Å². The molecule has 1 rings (SSSR count). The van der Waals surface area contributed by atoms with Gasteiger partial charge in [-0.15, -0.1) is 0 Å². The third kappa shape index (κ3) is 3.88. The number of rotatable bonds is 4. The highest BCUT2D eigenvalue weighted by Crippen LogP contribution is 2.11. The highest BCUT2D eigenvalue weighted by molar-refractivity contribution is 5.79. The third-order valence-electron chi connectivity index (χ3n) is 2.03. The Bertz CT molecular complexity index is 391. The third-order valence-corrected chi connectivity index (χ3v) is 2.03. The van der Waals surface area contributed by atoms with Crippen molar-refractivity contribution in [3.8, 4) is 11.9 Å². The van der Waals surface area contributed by atoms with E-state index in [0.29, 0.717) is 6.54 Å². The van der Waals surface area contributed by atoms with E-state index in [0.717, 1.165) is 17.7 Å². The van der Waals surface area contributed by atoms with Crippen LogP contribution in [0.15, 0.2) is 29.3 Å². The van der Waals surface area contributed by atoms with Gasteiger partial charge in [0.15, 0.2) is 6.19 Å². The Morgan fingerprint density at radius 3 is 2.75 bits per heavy atom. The molecule has 0 saturated heterocycles. The predicted octanol–water partition coefficient (Wildman–Crippen LogP) is 0.623. The molecule has 16 heavy (non-hydrogen) atoms. The highest BCUT2D eigenvalue weighted by atomic mass is 16.5. The molecule has 5 heteroatoms. The van der Waals surface area contributed by atoms with Gasteiger partial charge in [0, 0.05) is 6.54 Å². The molecule has 0 fully saturated rings. The number of benzene rings is 1. The molecule has 0 amide bonds. The molecule has 0 atom stereocenters. The number of ether oxygens (including phenoxy) is 1. The first-order chi connectivity index (χ1) is 7.76. The van der Waals surface area contributed by atoms with Crippen LogP contribution in [0.3, 0.4) is 0 Å². The first-order valence-corrected chi connectivity index (χ1v) is 4.84. The van der Waals surface area contributed by atoms with Gasteiger partial charge >= 0.3 is 0 Å². The normalized spacial score (nSPS) is 10.6. The average Bonchev–Trinajstić information content (AvgIpc) is 2.30. The summed E-state index contributed by atoms with van der Waals surface area (Å²) in [5, 5.41) is 10.5. The minimum atomic E-state index is 0.149. The Hall–Kier alpha value is -2.22. The highest BCUT2D eigenvalue weighted by Gasteiger charge is 1.94. The van der Waals surface area contributed by atoms with Crippen molar-refractivity contribution in [2.75, 3.05) is 13.7 Å². The number of nitrogens with two attached hydrogens (primary N) is 1. The minimum Gasteiger partial charge on any atom is -0.497 e. The number of nitriles is 1. The van der Waals surface area contributed by atoms with Gasteiger partial charge in [0.1, 0.15) is 5.75 Å². The molecule has 0 aliphatic carbocycles. The van der Waals surface area contributed by atoms with Crippen LogP contribution in [0.1, 0.15) is 5.56 Å². The van der Waals surface area contributed by atoms with Crippen LogP contribution >= 0.6 is 0 Å². The molecule has 5 nitrogen and oxygen atoms in total. The zero-order valence-corrected chi connectivity index (χ0v) is 9.10. The van der Waals surface area contributed by atoms with Crippen molar-refractivity contribution in [2.24, 2.45) is 10.7 Å². The van der Waals surface area contributed by atoms with Gasteiger partial charge in [-0.1, -0.05) is 12.1 Å². The van der Waals surface area contributed by atoms with Crippen LogP contribution < -0.4 is 15.8 Å². The number of nitrogens with zero attached hydrogens (tertiary/aromatic N) is 2. The molecule has 1 aromatic carbocycles. The number of hydrogen-bond donors (Lipinski definition) is 2. The molecule has 0 spiro atoms. The number of aliphatic imine (C=N–C) groups is 1. The van der Waals surface area contributed by atoms with Gasteiger partial charge in [-0.05, 0) is 24.1 Å². The van der Waals surface area contributed by atoms with Crippen molar-refractivity contribution in [2.45, 2.75) is 6.42 Å². The molecule has 0 heterocycles. The van der Waals surface area contributed by atoms with Crippen LogP contribution in [-0.4, -0.2) is 19.6 Å². The van der Waals surface area contributed by atoms with E-state index < -0.39 is 0 Å². The van der Waals surface area contributed by atoms with E-state index >= 15 is 0 Å². The lowest BCUT2D eigenvalue weighted by Crippen LogP contribution is -2.27. The first kappa shape index (κ1) is 11.9. The standard InChI is InChI=1S/C11H14N4O/c1-16-10-4-2-9(3-5-10)6-7-14-11(13)15-8-12/h2-5H,6-7H2,1H3,(H3,13,14,15). The van der Waals surface area contributed by atoms with Gasteiger partial charge in [-0.25, -0.2) is 0 Å². The number of methoxy groups -OCH3 is 1. The number of guanidine groups is 1. The van der Waals surface area contributed by atoms with Crippen LogP contribution in [-0.2, 0) is 6.42 Å². The lowest BCUT2D eigenvalue weighted by molar-refractivity contribution is 0.414. The van der Waals surface area contributed by atoms with Crippen molar-refractivity contribution in [1.82, 2.24) is 5.32 Å². The summed E-state index contributed by atoms with van der Waals surface area (Å²) in [6.07, 6.45) is 2.48. The van der Waals surface area contributed by atoms with E-state index in [1.807, 2.05) is 24.3 Å². The van der Waals surface area contributed by atoms with Crippen molar-refractivity contribution in [3.63, 3.8) is 0 Å². The predicted molar refractivity (Wildman–Crippen MR) is 61.9 cm³/mol. The van der Waals surface area contributed by atoms with E-state index in [2.05, 4.69) is 10.3 Å². The van der Waals surface area contributed by atoms with Crippen molar-refractivity contribution in [3.05, 3.63) is 29.8 Å². The second-order valence-electron chi connectivity index (χ2n) is 3.10. The van der Waals surface area contributed by atoms with Gasteiger partial charge < -0.3 is 10.5 Å². The molecule has 84 valence electrons. The summed E-state index contributed by atoms with van der Waals surface area (Å²) in [7, 11) is 1.63. The summed E-state index contributed by atoms with van der Waals surface area (Å²) in [5.74, 6) is 0.980. The van der Waals surface area contributed by atoms with Gasteiger partial charge in [-0.2, -0.15) is 5.26 Å². The van der Waals surface area contributed by atoms with E-state index in [1.165, 1.54) is 0 Å². The van der Waals surface area contributed by atoms with Crippen LogP contribution in [0, 0.1) is 11.5 Å². The average molecular weight is 218 g/mol. The largest absolute Gasteiger partial charge is 0.497 e. The quantitative estimate of drug-likeness (QED) is 0.336. The molecule has 0 aliphatic heterocycles. The Labute approximate surface area is 94.5 Å². The Morgan fingerprint density at radius 2 is 2.19 bits per heavy atom. The van der Waals surface area contributed by atoms with Gasteiger partial charge in [0.25, 0.3) is 0 Å². The molecule has 0 unspecified atom stereocenters. The topological polar surface area (TPSA) is 83.4 Å². The molecule has 0 bridgehead atoms. The summed E-state index contributed by atoms with van der Waals surface area (Å²) in [4.78, 5) is 3.98. The van der Waals surface area contributed by atoms with Crippen molar-refractivity contribution in [1.29, 1.82) is 5.26 Å².